The van der Waals surface area contributed by atoms with Crippen molar-refractivity contribution in [2.24, 2.45) is 5.92 Å². The van der Waals surface area contributed by atoms with Crippen LogP contribution >= 0.6 is 0 Å². The topological polar surface area (TPSA) is 224 Å². The smallest absolute Gasteiger partial charge is 0.318 e. The first-order valence-electron chi connectivity index (χ1n) is 22.0. The third-order valence-electron chi connectivity index (χ3n) is 13.5. The molecule has 1 aliphatic carbocycles. The monoisotopic (exact) mass is 964 g/mol. The standard InChI is InChI=1S/C25H32N4O5S.C21H25FN4O5S/c1-25(23(30)26-32,35(2,33)34)12-13-27-18-22-14-19(17-29(22)24(27)31)8-6-7-9-20-15-28(16-20)21-10-4-3-5-11-21;1-20(18(27)23-29,32(3,30)31)8-11-25-14-17-12-16(13-26(17)19(25)28)6-4-5-7-21(22)9-10-24(2)15-21/h14,17,20-21,32H,3-5,10-13,15-16,18H2,1-2H3,(H,26,30);12-13,29H,8-11,14-15H2,1-3H3,(H,23,27)/t25-;20?,21-/m10/s1. The highest BCUT2D eigenvalue weighted by Gasteiger charge is 2.46. The van der Waals surface area contributed by atoms with E-state index in [1.807, 2.05) is 18.0 Å². The van der Waals surface area contributed by atoms with E-state index in [9.17, 15) is 40.4 Å². The second kappa shape index (κ2) is 20.3. The van der Waals surface area contributed by atoms with Gasteiger partial charge in [-0.3, -0.25) is 34.0 Å². The fraction of sp³-hybridized carbons (Fsp3) is 0.565. The molecule has 4 aliphatic heterocycles. The van der Waals surface area contributed by atoms with Crippen LogP contribution in [0.1, 0.15) is 87.7 Å². The Balaban J connectivity index is 0.000000222. The molecule has 360 valence electrons. The molecule has 1 unspecified atom stereocenters. The highest BCUT2D eigenvalue weighted by Crippen LogP contribution is 2.30. The number of carbonyl (C=O) groups excluding carboxylic acids is 4. The lowest BCUT2D eigenvalue weighted by atomic mass is 9.89. The molecule has 2 saturated heterocycles. The van der Waals surface area contributed by atoms with E-state index in [0.717, 1.165) is 37.3 Å². The molecule has 0 bridgehead atoms. The summed E-state index contributed by atoms with van der Waals surface area (Å²) < 4.78 is 61.9. The normalized spacial score (nSPS) is 21.5. The van der Waals surface area contributed by atoms with Crippen molar-refractivity contribution < 1.29 is 50.8 Å². The van der Waals surface area contributed by atoms with Gasteiger partial charge in [0.25, 0.3) is 11.8 Å². The van der Waals surface area contributed by atoms with Crippen molar-refractivity contribution in [1.29, 1.82) is 0 Å². The summed E-state index contributed by atoms with van der Waals surface area (Å²) in [6.45, 7) is 5.95. The Hall–Kier alpha value is -5.65. The van der Waals surface area contributed by atoms with E-state index in [0.29, 0.717) is 35.7 Å². The fourth-order valence-corrected chi connectivity index (χ4v) is 10.4. The van der Waals surface area contributed by atoms with Crippen LogP contribution in [0.3, 0.4) is 0 Å². The molecule has 6 heterocycles. The molecule has 18 nitrogen and oxygen atoms in total. The molecule has 21 heteroatoms. The lowest BCUT2D eigenvalue weighted by molar-refractivity contribution is -0.132. The molecule has 0 aromatic carbocycles. The van der Waals surface area contributed by atoms with Gasteiger partial charge in [0.15, 0.2) is 34.8 Å². The highest BCUT2D eigenvalue weighted by molar-refractivity contribution is 7.93. The third-order valence-corrected chi connectivity index (χ3v) is 17.5. The number of hydrogen-bond acceptors (Lipinski definition) is 12. The number of halogens is 1. The van der Waals surface area contributed by atoms with Gasteiger partial charge in [0.2, 0.25) is 0 Å². The Morgan fingerprint density at radius 1 is 0.791 bits per heavy atom. The predicted octanol–water partition coefficient (Wildman–Crippen LogP) is 1.96. The van der Waals surface area contributed by atoms with Crippen LogP contribution in [0, 0.1) is 53.3 Å². The van der Waals surface area contributed by atoms with Gasteiger partial charge in [0.1, 0.15) is 0 Å². The maximum atomic E-state index is 14.4. The van der Waals surface area contributed by atoms with Crippen LogP contribution < -0.4 is 11.0 Å². The zero-order chi connectivity index (χ0) is 49.0. The van der Waals surface area contributed by atoms with Crippen LogP contribution in [0.5, 0.6) is 0 Å². The van der Waals surface area contributed by atoms with Gasteiger partial charge < -0.3 is 14.7 Å². The third kappa shape index (κ3) is 11.4. The number of aromatic nitrogens is 2. The molecule has 4 N–H and O–H groups in total. The van der Waals surface area contributed by atoms with Crippen LogP contribution in [0.15, 0.2) is 24.5 Å². The zero-order valence-corrected chi connectivity index (χ0v) is 39.9. The minimum atomic E-state index is -3.85. The summed E-state index contributed by atoms with van der Waals surface area (Å²) in [5.74, 6) is 20.9. The minimum absolute atomic E-state index is 0.00296. The second-order valence-electron chi connectivity index (χ2n) is 18.4. The first-order valence-corrected chi connectivity index (χ1v) is 25.7. The first kappa shape index (κ1) is 50.8. The van der Waals surface area contributed by atoms with Crippen molar-refractivity contribution in [2.45, 2.75) is 99.5 Å². The first-order chi connectivity index (χ1) is 31.5. The molecule has 0 spiro atoms. The molecule has 1 saturated carbocycles. The lowest BCUT2D eigenvalue weighted by Crippen LogP contribution is -2.52. The van der Waals surface area contributed by atoms with Gasteiger partial charge in [-0.15, -0.1) is 0 Å². The quantitative estimate of drug-likeness (QED) is 0.144. The van der Waals surface area contributed by atoms with Crippen LogP contribution in [-0.2, 0) is 42.4 Å². The number of sulfone groups is 2. The molecule has 2 aromatic heterocycles. The Labute approximate surface area is 391 Å². The number of rotatable bonds is 11. The number of alkyl halides is 1. The summed E-state index contributed by atoms with van der Waals surface area (Å²) >= 11 is 0. The van der Waals surface area contributed by atoms with E-state index in [-0.39, 0.29) is 57.6 Å². The molecule has 0 radical (unpaired) electrons. The summed E-state index contributed by atoms with van der Waals surface area (Å²) in [5, 5.41) is 17.8. The maximum Gasteiger partial charge on any atom is 0.328 e. The molecule has 2 aromatic rings. The Bertz CT molecular complexity index is 2770. The largest absolute Gasteiger partial charge is 0.328 e. The van der Waals surface area contributed by atoms with Crippen LogP contribution in [0.2, 0.25) is 0 Å². The molecule has 3 atom stereocenters. The van der Waals surface area contributed by atoms with Gasteiger partial charge in [-0.1, -0.05) is 37.0 Å². The van der Waals surface area contributed by atoms with Gasteiger partial charge >= 0.3 is 12.1 Å². The number of nitrogens with one attached hydrogen (secondary N) is 2. The second-order valence-corrected chi connectivity index (χ2v) is 23.3. The Morgan fingerprint density at radius 2 is 1.27 bits per heavy atom. The molecule has 4 amide bonds. The molecule has 7 rings (SSSR count). The van der Waals surface area contributed by atoms with Crippen LogP contribution in [-0.4, -0.2) is 160 Å². The van der Waals surface area contributed by atoms with E-state index in [4.69, 9.17) is 10.4 Å². The predicted molar refractivity (Wildman–Crippen MR) is 244 cm³/mol. The van der Waals surface area contributed by atoms with Crippen molar-refractivity contribution in [3.8, 4) is 47.4 Å². The van der Waals surface area contributed by atoms with Crippen molar-refractivity contribution in [1.82, 2.24) is 39.7 Å². The fourth-order valence-electron chi connectivity index (χ4n) is 8.69. The van der Waals surface area contributed by atoms with E-state index >= 15 is 0 Å². The van der Waals surface area contributed by atoms with E-state index < -0.39 is 46.7 Å². The van der Waals surface area contributed by atoms with E-state index in [1.165, 1.54) is 82.0 Å². The van der Waals surface area contributed by atoms with Gasteiger partial charge in [-0.25, -0.2) is 41.8 Å². The molecule has 67 heavy (non-hydrogen) atoms. The number of hydroxylamine groups is 2. The van der Waals surface area contributed by atoms with E-state index in [2.05, 4.69) is 52.3 Å². The molecular weight excluding hydrogens is 908 g/mol. The Morgan fingerprint density at radius 3 is 1.69 bits per heavy atom. The van der Waals surface area contributed by atoms with Gasteiger partial charge in [-0.2, -0.15) is 0 Å². The SMILES string of the molecule is CN1CC[C@@](F)(C#CC#Cc2cc3n(c2)C(=O)N(CCC(C)(C(=O)NO)S(C)(=O)=O)C3)C1.C[C@@](CCN1Cc2cc(C#CC#CC3CN(C4CCCCC4)C3)cn2C1=O)(C(=O)NO)S(C)(=O)=O. The average Bonchev–Trinajstić information content (AvgIpc) is 4.08. The van der Waals surface area contributed by atoms with Crippen molar-refractivity contribution >= 4 is 43.6 Å². The van der Waals surface area contributed by atoms with Crippen LogP contribution in [0.25, 0.3) is 0 Å². The number of carbonyl (C=O) groups is 4. The Kier molecular flexibility index (Phi) is 15.4. The number of nitrogens with zero attached hydrogens (tertiary/aromatic N) is 6. The van der Waals surface area contributed by atoms with Crippen LogP contribution in [0.4, 0.5) is 14.0 Å². The highest BCUT2D eigenvalue weighted by atomic mass is 32.2. The summed E-state index contributed by atoms with van der Waals surface area (Å²) in [4.78, 5) is 56.6. The van der Waals surface area contributed by atoms with Gasteiger partial charge in [-0.05, 0) is 88.3 Å². The summed E-state index contributed by atoms with van der Waals surface area (Å²) in [5.41, 5.74) is 3.90. The van der Waals surface area contributed by atoms with Crippen molar-refractivity contribution in [3.63, 3.8) is 0 Å². The lowest BCUT2D eigenvalue weighted by Gasteiger charge is -2.43. The van der Waals surface area contributed by atoms with Gasteiger partial charge in [0.05, 0.1) is 13.1 Å². The summed E-state index contributed by atoms with van der Waals surface area (Å²) in [6.07, 6.45) is 11.7. The van der Waals surface area contributed by atoms with Gasteiger partial charge in [0, 0.05) is 105 Å². The van der Waals surface area contributed by atoms with Crippen molar-refractivity contribution in [3.05, 3.63) is 47.0 Å². The summed E-state index contributed by atoms with van der Waals surface area (Å²) in [7, 11) is -5.84. The number of fused-ring (bicyclic) bond motifs is 2. The van der Waals surface area contributed by atoms with Crippen molar-refractivity contribution in [2.75, 3.05) is 58.8 Å². The number of hydrogen-bond donors (Lipinski definition) is 4. The van der Waals surface area contributed by atoms with E-state index in [1.54, 1.807) is 12.3 Å². The summed E-state index contributed by atoms with van der Waals surface area (Å²) in [6, 6.07) is 3.57. The molecule has 5 aliphatic rings. The average molecular weight is 965 g/mol. The molecular formula is C46H57FN8O10S2. The molecule has 3 fully saturated rings. The number of amides is 4. The maximum absolute atomic E-state index is 14.4. The zero-order valence-electron chi connectivity index (χ0n) is 38.3. The minimum Gasteiger partial charge on any atom is -0.318 e. The number of likely N-dealkylation sites (tertiary alicyclic amines) is 2.